The van der Waals surface area contributed by atoms with E-state index in [0.29, 0.717) is 5.56 Å². The first kappa shape index (κ1) is 13.8. The van der Waals surface area contributed by atoms with Gasteiger partial charge in [0.05, 0.1) is 11.6 Å². The summed E-state index contributed by atoms with van der Waals surface area (Å²) in [6.45, 7) is 6.01. The van der Waals surface area contributed by atoms with Gasteiger partial charge in [-0.3, -0.25) is 0 Å². The number of nitrogens with zero attached hydrogens (tertiary/aromatic N) is 4. The molecule has 0 spiro atoms. The molecule has 1 aromatic heterocycles. The largest absolute Gasteiger partial charge is 0.357 e. The van der Waals surface area contributed by atoms with Gasteiger partial charge in [-0.25, -0.2) is 9.97 Å². The normalized spacial score (nSPS) is 9.85. The Kier molecular flexibility index (Phi) is 4.51. The Bertz CT molecular complexity index is 596. The van der Waals surface area contributed by atoms with Crippen LogP contribution in [0.4, 0.5) is 17.3 Å². The second-order valence-corrected chi connectivity index (χ2v) is 4.25. The van der Waals surface area contributed by atoms with Crippen molar-refractivity contribution in [3.63, 3.8) is 0 Å². The van der Waals surface area contributed by atoms with Gasteiger partial charge in [-0.1, -0.05) is 0 Å². The summed E-state index contributed by atoms with van der Waals surface area (Å²) < 4.78 is 0. The van der Waals surface area contributed by atoms with Crippen LogP contribution in [0.2, 0.25) is 0 Å². The van der Waals surface area contributed by atoms with E-state index in [2.05, 4.69) is 40.1 Å². The van der Waals surface area contributed by atoms with Gasteiger partial charge in [-0.05, 0) is 38.1 Å². The zero-order valence-corrected chi connectivity index (χ0v) is 11.7. The van der Waals surface area contributed by atoms with E-state index in [4.69, 9.17) is 5.26 Å². The van der Waals surface area contributed by atoms with E-state index in [9.17, 15) is 0 Å². The van der Waals surface area contributed by atoms with Crippen LogP contribution >= 0.6 is 0 Å². The first-order chi connectivity index (χ1) is 9.76. The number of rotatable bonds is 5. The molecule has 2 aromatic rings. The lowest BCUT2D eigenvalue weighted by atomic mass is 10.2. The summed E-state index contributed by atoms with van der Waals surface area (Å²) in [7, 11) is 0. The van der Waals surface area contributed by atoms with Crippen molar-refractivity contribution in [1.29, 1.82) is 5.26 Å². The van der Waals surface area contributed by atoms with Crippen molar-refractivity contribution < 1.29 is 0 Å². The molecule has 5 nitrogen and oxygen atoms in total. The van der Waals surface area contributed by atoms with Gasteiger partial charge in [0.25, 0.3) is 0 Å². The van der Waals surface area contributed by atoms with E-state index in [-0.39, 0.29) is 0 Å². The molecule has 1 heterocycles. The van der Waals surface area contributed by atoms with E-state index in [1.807, 2.05) is 18.2 Å². The standard InChI is InChI=1S/C15H17N5/c1-3-20(4-2)15-9-14(17-11-18-15)19-13-7-5-12(10-16)6-8-13/h5-9,11H,3-4H2,1-2H3,(H,17,18,19). The van der Waals surface area contributed by atoms with E-state index in [0.717, 1.165) is 30.4 Å². The van der Waals surface area contributed by atoms with E-state index in [1.165, 1.54) is 0 Å². The predicted octanol–water partition coefficient (Wildman–Crippen LogP) is 2.94. The summed E-state index contributed by atoms with van der Waals surface area (Å²) in [6, 6.07) is 11.3. The number of aromatic nitrogens is 2. The first-order valence-electron chi connectivity index (χ1n) is 6.61. The fourth-order valence-electron chi connectivity index (χ4n) is 1.91. The minimum atomic E-state index is 0.641. The highest BCUT2D eigenvalue weighted by molar-refractivity contribution is 5.60. The zero-order chi connectivity index (χ0) is 14.4. The average Bonchev–Trinajstić information content (AvgIpc) is 2.50. The Morgan fingerprint density at radius 1 is 1.15 bits per heavy atom. The van der Waals surface area contributed by atoms with Gasteiger partial charge in [-0.15, -0.1) is 0 Å². The van der Waals surface area contributed by atoms with Crippen LogP contribution in [0.3, 0.4) is 0 Å². The van der Waals surface area contributed by atoms with Crippen molar-refractivity contribution in [2.24, 2.45) is 0 Å². The minimum absolute atomic E-state index is 0.641. The van der Waals surface area contributed by atoms with Crippen LogP contribution in [0, 0.1) is 11.3 Å². The molecule has 0 atom stereocenters. The van der Waals surface area contributed by atoms with Gasteiger partial charge in [0.1, 0.15) is 18.0 Å². The van der Waals surface area contributed by atoms with Crippen molar-refractivity contribution >= 4 is 17.3 Å². The van der Waals surface area contributed by atoms with E-state index in [1.54, 1.807) is 18.5 Å². The molecule has 0 fully saturated rings. The maximum atomic E-state index is 8.77. The smallest absolute Gasteiger partial charge is 0.135 e. The second kappa shape index (κ2) is 6.53. The number of anilines is 3. The van der Waals surface area contributed by atoms with Crippen molar-refractivity contribution in [1.82, 2.24) is 9.97 Å². The van der Waals surface area contributed by atoms with Crippen molar-refractivity contribution in [2.45, 2.75) is 13.8 Å². The molecule has 102 valence electrons. The van der Waals surface area contributed by atoms with Gasteiger partial charge in [0, 0.05) is 24.8 Å². The van der Waals surface area contributed by atoms with Crippen LogP contribution in [-0.2, 0) is 0 Å². The summed E-state index contributed by atoms with van der Waals surface area (Å²) in [5.74, 6) is 1.65. The number of nitriles is 1. The quantitative estimate of drug-likeness (QED) is 0.902. The molecule has 0 amide bonds. The molecule has 0 bridgehead atoms. The first-order valence-corrected chi connectivity index (χ1v) is 6.61. The van der Waals surface area contributed by atoms with Crippen LogP contribution in [0.5, 0.6) is 0 Å². The SMILES string of the molecule is CCN(CC)c1cc(Nc2ccc(C#N)cc2)ncn1. The van der Waals surface area contributed by atoms with Gasteiger partial charge in [0.2, 0.25) is 0 Å². The number of hydrogen-bond donors (Lipinski definition) is 1. The Morgan fingerprint density at radius 2 is 1.85 bits per heavy atom. The molecule has 1 N–H and O–H groups in total. The predicted molar refractivity (Wildman–Crippen MR) is 80.0 cm³/mol. The van der Waals surface area contributed by atoms with Crippen LogP contribution in [0.25, 0.3) is 0 Å². The molecular weight excluding hydrogens is 250 g/mol. The molecule has 0 radical (unpaired) electrons. The molecule has 0 aliphatic carbocycles. The fourth-order valence-corrected chi connectivity index (χ4v) is 1.91. The monoisotopic (exact) mass is 267 g/mol. The summed E-state index contributed by atoms with van der Waals surface area (Å²) in [5.41, 5.74) is 1.54. The third-order valence-corrected chi connectivity index (χ3v) is 3.03. The fraction of sp³-hybridized carbons (Fsp3) is 0.267. The molecule has 0 saturated carbocycles. The molecule has 0 aliphatic heterocycles. The molecule has 1 aromatic carbocycles. The highest BCUT2D eigenvalue weighted by Crippen LogP contribution is 2.18. The number of hydrogen-bond acceptors (Lipinski definition) is 5. The molecule has 0 saturated heterocycles. The van der Waals surface area contributed by atoms with Crippen LogP contribution in [0.1, 0.15) is 19.4 Å². The Hall–Kier alpha value is -2.61. The van der Waals surface area contributed by atoms with Gasteiger partial charge >= 0.3 is 0 Å². The lowest BCUT2D eigenvalue weighted by Gasteiger charge is -2.19. The maximum Gasteiger partial charge on any atom is 0.135 e. The van der Waals surface area contributed by atoms with Gasteiger partial charge in [0.15, 0.2) is 0 Å². The Labute approximate surface area is 118 Å². The lowest BCUT2D eigenvalue weighted by Crippen LogP contribution is -2.23. The lowest BCUT2D eigenvalue weighted by molar-refractivity contribution is 0.842. The highest BCUT2D eigenvalue weighted by atomic mass is 15.2. The Balaban J connectivity index is 2.16. The van der Waals surface area contributed by atoms with E-state index < -0.39 is 0 Å². The van der Waals surface area contributed by atoms with E-state index >= 15 is 0 Å². The number of nitrogens with one attached hydrogen (secondary N) is 1. The van der Waals surface area contributed by atoms with Crippen molar-refractivity contribution in [3.8, 4) is 6.07 Å². The van der Waals surface area contributed by atoms with Gasteiger partial charge in [-0.2, -0.15) is 5.26 Å². The second-order valence-electron chi connectivity index (χ2n) is 4.25. The summed E-state index contributed by atoms with van der Waals surface area (Å²) in [6.07, 6.45) is 1.56. The molecule has 0 unspecified atom stereocenters. The third kappa shape index (κ3) is 3.23. The minimum Gasteiger partial charge on any atom is -0.357 e. The third-order valence-electron chi connectivity index (χ3n) is 3.03. The van der Waals surface area contributed by atoms with Crippen LogP contribution in [0.15, 0.2) is 36.7 Å². The van der Waals surface area contributed by atoms with Crippen LogP contribution < -0.4 is 10.2 Å². The van der Waals surface area contributed by atoms with Crippen molar-refractivity contribution in [2.75, 3.05) is 23.3 Å². The van der Waals surface area contributed by atoms with Crippen LogP contribution in [-0.4, -0.2) is 23.1 Å². The number of benzene rings is 1. The Morgan fingerprint density at radius 3 is 2.45 bits per heavy atom. The molecule has 5 heteroatoms. The topological polar surface area (TPSA) is 64.8 Å². The molecule has 20 heavy (non-hydrogen) atoms. The molecular formula is C15H17N5. The highest BCUT2D eigenvalue weighted by Gasteiger charge is 2.05. The molecule has 2 rings (SSSR count). The summed E-state index contributed by atoms with van der Waals surface area (Å²) in [5, 5.41) is 12.0. The summed E-state index contributed by atoms with van der Waals surface area (Å²) >= 11 is 0. The van der Waals surface area contributed by atoms with Gasteiger partial charge < -0.3 is 10.2 Å². The maximum absolute atomic E-state index is 8.77. The van der Waals surface area contributed by atoms with Crippen molar-refractivity contribution in [3.05, 3.63) is 42.2 Å². The average molecular weight is 267 g/mol. The zero-order valence-electron chi connectivity index (χ0n) is 11.7. The summed E-state index contributed by atoms with van der Waals surface area (Å²) in [4.78, 5) is 10.7. The molecule has 0 aliphatic rings.